The van der Waals surface area contributed by atoms with Crippen molar-refractivity contribution in [2.24, 2.45) is 16.8 Å². The van der Waals surface area contributed by atoms with Crippen molar-refractivity contribution in [3.8, 4) is 0 Å². The second-order valence-corrected chi connectivity index (χ2v) is 3.24. The van der Waals surface area contributed by atoms with Crippen LogP contribution in [0.1, 0.15) is 13.3 Å². The number of alkyl halides is 2. The van der Waals surface area contributed by atoms with Gasteiger partial charge in [-0.05, 0) is 6.42 Å². The Morgan fingerprint density at radius 2 is 2.24 bits per heavy atom. The van der Waals surface area contributed by atoms with E-state index in [0.29, 0.717) is 6.42 Å². The minimum Gasteiger partial charge on any atom is -0.409 e. The Labute approximate surface area is 97.8 Å². The molecule has 1 amide bonds. The number of amidine groups is 1. The average Bonchev–Trinajstić information content (AvgIpc) is 2.28. The van der Waals surface area contributed by atoms with Crippen molar-refractivity contribution in [1.29, 1.82) is 0 Å². The monoisotopic (exact) mass is 253 g/mol. The van der Waals surface area contributed by atoms with Gasteiger partial charge in [0.25, 0.3) is 6.43 Å². The lowest BCUT2D eigenvalue weighted by Crippen LogP contribution is -2.39. The highest BCUT2D eigenvalue weighted by molar-refractivity contribution is 6.01. The van der Waals surface area contributed by atoms with Crippen LogP contribution in [-0.4, -0.2) is 43.1 Å². The van der Waals surface area contributed by atoms with Crippen LogP contribution in [0.5, 0.6) is 0 Å². The van der Waals surface area contributed by atoms with Crippen molar-refractivity contribution < 1.29 is 23.5 Å². The molecule has 0 aromatic heterocycles. The number of nitrogens with two attached hydrogens (primary N) is 1. The van der Waals surface area contributed by atoms with Crippen LogP contribution >= 0.6 is 0 Å². The van der Waals surface area contributed by atoms with Crippen molar-refractivity contribution in [1.82, 2.24) is 5.32 Å². The standard InChI is InChI=1S/C9H17F2N3O3/c1-2-6(8(12)14-16)9(15)13-3-4-17-5-7(10)11/h6-7,16H,2-5H2,1H3,(H2,12,14)(H,13,15). The lowest BCUT2D eigenvalue weighted by atomic mass is 10.1. The van der Waals surface area contributed by atoms with E-state index in [0.717, 1.165) is 0 Å². The zero-order valence-electron chi connectivity index (χ0n) is 9.53. The number of hydrogen-bond donors (Lipinski definition) is 3. The third kappa shape index (κ3) is 6.67. The van der Waals surface area contributed by atoms with Gasteiger partial charge in [-0.25, -0.2) is 8.78 Å². The quantitative estimate of drug-likeness (QED) is 0.189. The molecule has 17 heavy (non-hydrogen) atoms. The first-order chi connectivity index (χ1) is 8.02. The zero-order chi connectivity index (χ0) is 13.3. The minimum absolute atomic E-state index is 0.0112. The molecule has 0 aliphatic heterocycles. The fourth-order valence-corrected chi connectivity index (χ4v) is 1.14. The Morgan fingerprint density at radius 1 is 1.59 bits per heavy atom. The van der Waals surface area contributed by atoms with E-state index in [4.69, 9.17) is 10.9 Å². The van der Waals surface area contributed by atoms with E-state index in [9.17, 15) is 13.6 Å². The number of amides is 1. The van der Waals surface area contributed by atoms with Crippen molar-refractivity contribution in [2.75, 3.05) is 19.8 Å². The van der Waals surface area contributed by atoms with Gasteiger partial charge in [-0.2, -0.15) is 0 Å². The van der Waals surface area contributed by atoms with E-state index < -0.39 is 24.9 Å². The molecular formula is C9H17F2N3O3. The Morgan fingerprint density at radius 3 is 2.71 bits per heavy atom. The van der Waals surface area contributed by atoms with Crippen molar-refractivity contribution in [3.05, 3.63) is 0 Å². The summed E-state index contributed by atoms with van der Waals surface area (Å²) < 4.78 is 27.9. The van der Waals surface area contributed by atoms with Crippen LogP contribution in [0.4, 0.5) is 8.78 Å². The third-order valence-corrected chi connectivity index (χ3v) is 1.99. The molecule has 0 aliphatic rings. The lowest BCUT2D eigenvalue weighted by molar-refractivity contribution is -0.123. The van der Waals surface area contributed by atoms with E-state index in [1.54, 1.807) is 6.92 Å². The molecule has 0 aliphatic carbocycles. The topological polar surface area (TPSA) is 96.9 Å². The number of ether oxygens (including phenoxy) is 1. The first kappa shape index (κ1) is 15.6. The Balaban J connectivity index is 3.84. The first-order valence-corrected chi connectivity index (χ1v) is 5.13. The van der Waals surface area contributed by atoms with Crippen molar-refractivity contribution in [3.63, 3.8) is 0 Å². The molecule has 4 N–H and O–H groups in total. The molecule has 0 radical (unpaired) electrons. The van der Waals surface area contributed by atoms with E-state index in [1.165, 1.54) is 0 Å². The number of nitrogens with one attached hydrogen (secondary N) is 1. The summed E-state index contributed by atoms with van der Waals surface area (Å²) >= 11 is 0. The van der Waals surface area contributed by atoms with Crippen LogP contribution in [0.3, 0.4) is 0 Å². The molecule has 8 heteroatoms. The van der Waals surface area contributed by atoms with Gasteiger partial charge in [-0.3, -0.25) is 4.79 Å². The maximum Gasteiger partial charge on any atom is 0.261 e. The predicted octanol–water partition coefficient (Wildman–Crippen LogP) is 0.157. The molecule has 0 bridgehead atoms. The molecule has 0 spiro atoms. The van der Waals surface area contributed by atoms with Gasteiger partial charge in [0.1, 0.15) is 6.61 Å². The molecule has 0 saturated carbocycles. The Kier molecular flexibility index (Phi) is 7.95. The largest absolute Gasteiger partial charge is 0.409 e. The second kappa shape index (κ2) is 8.68. The molecule has 100 valence electrons. The number of carbonyl (C=O) groups excluding carboxylic acids is 1. The van der Waals surface area contributed by atoms with E-state index in [-0.39, 0.29) is 19.0 Å². The first-order valence-electron chi connectivity index (χ1n) is 5.13. The van der Waals surface area contributed by atoms with Crippen LogP contribution in [-0.2, 0) is 9.53 Å². The molecule has 0 saturated heterocycles. The number of carbonyl (C=O) groups is 1. The summed E-state index contributed by atoms with van der Waals surface area (Å²) in [5.41, 5.74) is 5.31. The number of rotatable bonds is 8. The second-order valence-electron chi connectivity index (χ2n) is 3.24. The van der Waals surface area contributed by atoms with Gasteiger partial charge < -0.3 is 21.0 Å². The van der Waals surface area contributed by atoms with Crippen molar-refractivity contribution >= 4 is 11.7 Å². The highest BCUT2D eigenvalue weighted by atomic mass is 19.3. The molecular weight excluding hydrogens is 236 g/mol. The molecule has 6 nitrogen and oxygen atoms in total. The molecule has 1 unspecified atom stereocenters. The van der Waals surface area contributed by atoms with E-state index in [2.05, 4.69) is 15.2 Å². The highest BCUT2D eigenvalue weighted by Crippen LogP contribution is 2.02. The number of nitrogens with zero attached hydrogens (tertiary/aromatic N) is 1. The molecule has 1 atom stereocenters. The van der Waals surface area contributed by atoms with Gasteiger partial charge in [0.2, 0.25) is 5.91 Å². The maximum absolute atomic E-state index is 11.7. The van der Waals surface area contributed by atoms with Gasteiger partial charge in [0.05, 0.1) is 12.5 Å². The average molecular weight is 253 g/mol. The summed E-state index contributed by atoms with van der Waals surface area (Å²) in [4.78, 5) is 11.5. The summed E-state index contributed by atoms with van der Waals surface area (Å²) in [6, 6.07) is 0. The van der Waals surface area contributed by atoms with Gasteiger partial charge in [-0.15, -0.1) is 0 Å². The van der Waals surface area contributed by atoms with E-state index in [1.807, 2.05) is 0 Å². The highest BCUT2D eigenvalue weighted by Gasteiger charge is 2.20. The predicted molar refractivity (Wildman–Crippen MR) is 57.0 cm³/mol. The molecule has 0 fully saturated rings. The summed E-state index contributed by atoms with van der Waals surface area (Å²) in [6.07, 6.45) is -2.15. The number of halogens is 2. The van der Waals surface area contributed by atoms with Crippen LogP contribution in [0.15, 0.2) is 5.16 Å². The van der Waals surface area contributed by atoms with Crippen LogP contribution in [0.25, 0.3) is 0 Å². The number of oxime groups is 1. The minimum atomic E-state index is -2.52. The van der Waals surface area contributed by atoms with Crippen LogP contribution < -0.4 is 11.1 Å². The fourth-order valence-electron chi connectivity index (χ4n) is 1.14. The smallest absolute Gasteiger partial charge is 0.261 e. The molecule has 0 aromatic rings. The maximum atomic E-state index is 11.7. The summed E-state index contributed by atoms with van der Waals surface area (Å²) in [6.45, 7) is 1.13. The van der Waals surface area contributed by atoms with Crippen LogP contribution in [0.2, 0.25) is 0 Å². The lowest BCUT2D eigenvalue weighted by Gasteiger charge is -2.13. The Bertz CT molecular complexity index is 262. The Hall–Kier alpha value is -1.44. The van der Waals surface area contributed by atoms with Gasteiger partial charge >= 0.3 is 0 Å². The normalized spacial score (nSPS) is 13.8. The van der Waals surface area contributed by atoms with Crippen LogP contribution in [0, 0.1) is 5.92 Å². The third-order valence-electron chi connectivity index (χ3n) is 1.99. The summed E-state index contributed by atoms with van der Waals surface area (Å²) in [5.74, 6) is -1.34. The summed E-state index contributed by atoms with van der Waals surface area (Å²) in [7, 11) is 0. The van der Waals surface area contributed by atoms with Gasteiger partial charge in [-0.1, -0.05) is 12.1 Å². The SMILES string of the molecule is CCC(C(=O)NCCOCC(F)F)C(N)=NO. The number of hydrogen-bond acceptors (Lipinski definition) is 4. The molecule has 0 heterocycles. The van der Waals surface area contributed by atoms with E-state index >= 15 is 0 Å². The molecule has 0 rings (SSSR count). The fraction of sp³-hybridized carbons (Fsp3) is 0.778. The van der Waals surface area contributed by atoms with Crippen molar-refractivity contribution in [2.45, 2.75) is 19.8 Å². The summed E-state index contributed by atoms with van der Waals surface area (Å²) in [5, 5.41) is 13.6. The van der Waals surface area contributed by atoms with Gasteiger partial charge in [0.15, 0.2) is 5.84 Å². The zero-order valence-corrected chi connectivity index (χ0v) is 9.53. The molecule has 0 aromatic carbocycles. The van der Waals surface area contributed by atoms with Gasteiger partial charge in [0, 0.05) is 6.54 Å².